The second-order valence-electron chi connectivity index (χ2n) is 3.80. The van der Waals surface area contributed by atoms with E-state index < -0.39 is 0 Å². The van der Waals surface area contributed by atoms with Crippen molar-refractivity contribution in [2.75, 3.05) is 6.54 Å². The molecular weight excluding hydrogens is 174 g/mol. The molecule has 0 spiro atoms. The molecule has 1 saturated heterocycles. The first-order chi connectivity index (χ1) is 6.86. The summed E-state index contributed by atoms with van der Waals surface area (Å²) in [6.45, 7) is 0.859. The van der Waals surface area contributed by atoms with Crippen LogP contribution in [0.3, 0.4) is 0 Å². The van der Waals surface area contributed by atoms with Crippen LogP contribution in [0.15, 0.2) is 30.3 Å². The third-order valence-electron chi connectivity index (χ3n) is 2.79. The van der Waals surface area contributed by atoms with Crippen molar-refractivity contribution < 1.29 is 4.79 Å². The lowest BCUT2D eigenvalue weighted by Crippen LogP contribution is -2.19. The maximum atomic E-state index is 11.3. The van der Waals surface area contributed by atoms with Gasteiger partial charge in [-0.15, -0.1) is 0 Å². The number of rotatable bonds is 3. The zero-order chi connectivity index (χ0) is 9.80. The van der Waals surface area contributed by atoms with Gasteiger partial charge in [0.05, 0.1) is 0 Å². The third kappa shape index (κ3) is 2.13. The second-order valence-corrected chi connectivity index (χ2v) is 3.80. The fourth-order valence-electron chi connectivity index (χ4n) is 1.91. The van der Waals surface area contributed by atoms with Crippen LogP contribution in [-0.2, 0) is 11.2 Å². The lowest BCUT2D eigenvalue weighted by atomic mass is 9.98. The molecule has 0 saturated carbocycles. The Bertz CT molecular complexity index is 307. The van der Waals surface area contributed by atoms with Gasteiger partial charge in [0.25, 0.3) is 0 Å². The molecule has 14 heavy (non-hydrogen) atoms. The first kappa shape index (κ1) is 9.25. The van der Waals surface area contributed by atoms with Crippen molar-refractivity contribution in [2.24, 2.45) is 5.92 Å². The summed E-state index contributed by atoms with van der Waals surface area (Å²) in [4.78, 5) is 11.3. The van der Waals surface area contributed by atoms with Crippen LogP contribution >= 0.6 is 0 Å². The largest absolute Gasteiger partial charge is 0.356 e. The van der Waals surface area contributed by atoms with Crippen LogP contribution in [0.25, 0.3) is 0 Å². The van der Waals surface area contributed by atoms with Gasteiger partial charge in [0, 0.05) is 12.5 Å². The van der Waals surface area contributed by atoms with Gasteiger partial charge >= 0.3 is 0 Å². The van der Waals surface area contributed by atoms with E-state index in [1.165, 1.54) is 5.56 Å². The molecule has 1 atom stereocenters. The van der Waals surface area contributed by atoms with Gasteiger partial charge in [0.1, 0.15) is 0 Å². The van der Waals surface area contributed by atoms with E-state index in [1.807, 2.05) is 18.2 Å². The molecular formula is C12H15NO. The first-order valence-corrected chi connectivity index (χ1v) is 5.18. The smallest absolute Gasteiger partial charge is 0.223 e. The molecule has 1 N–H and O–H groups in total. The highest BCUT2D eigenvalue weighted by molar-refractivity contribution is 5.80. The molecule has 1 aliphatic rings. The van der Waals surface area contributed by atoms with Crippen molar-refractivity contribution in [3.05, 3.63) is 35.9 Å². The molecule has 0 aromatic heterocycles. The minimum atomic E-state index is 0.237. The Kier molecular flexibility index (Phi) is 2.82. The minimum absolute atomic E-state index is 0.237. The van der Waals surface area contributed by atoms with E-state index >= 15 is 0 Å². The monoisotopic (exact) mass is 189 g/mol. The molecule has 2 rings (SSSR count). The molecule has 0 aliphatic carbocycles. The number of benzene rings is 1. The molecule has 1 fully saturated rings. The van der Waals surface area contributed by atoms with Crippen LogP contribution in [0.5, 0.6) is 0 Å². The number of hydrogen-bond donors (Lipinski definition) is 1. The van der Waals surface area contributed by atoms with E-state index in [2.05, 4.69) is 17.4 Å². The summed E-state index contributed by atoms with van der Waals surface area (Å²) in [6, 6.07) is 10.3. The molecule has 1 aromatic carbocycles. The number of aryl methyl sites for hydroxylation is 1. The highest BCUT2D eigenvalue weighted by Gasteiger charge is 2.23. The molecule has 2 nitrogen and oxygen atoms in total. The van der Waals surface area contributed by atoms with Crippen molar-refractivity contribution >= 4 is 5.91 Å². The van der Waals surface area contributed by atoms with Crippen molar-refractivity contribution in [3.8, 4) is 0 Å². The van der Waals surface area contributed by atoms with Gasteiger partial charge in [-0.25, -0.2) is 0 Å². The number of hydrogen-bond acceptors (Lipinski definition) is 1. The van der Waals surface area contributed by atoms with E-state index in [0.717, 1.165) is 25.8 Å². The standard InChI is InChI=1S/C12H15NO/c14-12-11(8-9-13-12)7-6-10-4-2-1-3-5-10/h1-5,11H,6-9H2,(H,13,14). The fraction of sp³-hybridized carbons (Fsp3) is 0.417. The average molecular weight is 189 g/mol. The second kappa shape index (κ2) is 4.27. The SMILES string of the molecule is O=C1NCCC1CCc1ccccc1. The summed E-state index contributed by atoms with van der Waals surface area (Å²) in [6.07, 6.45) is 3.00. The summed E-state index contributed by atoms with van der Waals surface area (Å²) in [5, 5.41) is 2.87. The Balaban J connectivity index is 1.85. The third-order valence-corrected chi connectivity index (χ3v) is 2.79. The highest BCUT2D eigenvalue weighted by Crippen LogP contribution is 2.16. The predicted octanol–water partition coefficient (Wildman–Crippen LogP) is 1.76. The average Bonchev–Trinajstić information content (AvgIpc) is 2.63. The van der Waals surface area contributed by atoms with Crippen molar-refractivity contribution in [1.82, 2.24) is 5.32 Å². The maximum absolute atomic E-state index is 11.3. The quantitative estimate of drug-likeness (QED) is 0.771. The van der Waals surface area contributed by atoms with Gasteiger partial charge in [-0.05, 0) is 24.8 Å². The van der Waals surface area contributed by atoms with Crippen LogP contribution in [0.1, 0.15) is 18.4 Å². The van der Waals surface area contributed by atoms with E-state index in [4.69, 9.17) is 0 Å². The van der Waals surface area contributed by atoms with Gasteiger partial charge in [0.2, 0.25) is 5.91 Å². The Morgan fingerprint density at radius 1 is 1.29 bits per heavy atom. The van der Waals surface area contributed by atoms with Crippen LogP contribution in [0.2, 0.25) is 0 Å². The van der Waals surface area contributed by atoms with Gasteiger partial charge in [-0.2, -0.15) is 0 Å². The summed E-state index contributed by atoms with van der Waals surface area (Å²) in [5.41, 5.74) is 1.33. The minimum Gasteiger partial charge on any atom is -0.356 e. The van der Waals surface area contributed by atoms with Crippen molar-refractivity contribution in [2.45, 2.75) is 19.3 Å². The molecule has 74 valence electrons. The van der Waals surface area contributed by atoms with Crippen molar-refractivity contribution in [1.29, 1.82) is 0 Å². The van der Waals surface area contributed by atoms with Gasteiger partial charge < -0.3 is 5.32 Å². The van der Waals surface area contributed by atoms with E-state index in [9.17, 15) is 4.79 Å². The molecule has 1 heterocycles. The zero-order valence-corrected chi connectivity index (χ0v) is 8.20. The Morgan fingerprint density at radius 3 is 2.71 bits per heavy atom. The molecule has 1 aromatic rings. The normalized spacial score (nSPS) is 20.9. The lowest BCUT2D eigenvalue weighted by molar-refractivity contribution is -0.122. The summed E-state index contributed by atoms with van der Waals surface area (Å²) in [7, 11) is 0. The molecule has 0 bridgehead atoms. The number of amides is 1. The Labute approximate surface area is 84.3 Å². The van der Waals surface area contributed by atoms with Gasteiger partial charge in [-0.1, -0.05) is 30.3 Å². The van der Waals surface area contributed by atoms with E-state index in [0.29, 0.717) is 0 Å². The Morgan fingerprint density at radius 2 is 2.07 bits per heavy atom. The topological polar surface area (TPSA) is 29.1 Å². The van der Waals surface area contributed by atoms with Gasteiger partial charge in [0.15, 0.2) is 0 Å². The number of nitrogens with one attached hydrogen (secondary N) is 1. The molecule has 1 unspecified atom stereocenters. The van der Waals surface area contributed by atoms with Gasteiger partial charge in [-0.3, -0.25) is 4.79 Å². The number of carbonyl (C=O) groups excluding carboxylic acids is 1. The maximum Gasteiger partial charge on any atom is 0.223 e. The summed E-state index contributed by atoms with van der Waals surface area (Å²) in [5.74, 6) is 0.483. The number of carbonyl (C=O) groups is 1. The van der Waals surface area contributed by atoms with Crippen LogP contribution in [0.4, 0.5) is 0 Å². The molecule has 2 heteroatoms. The first-order valence-electron chi connectivity index (χ1n) is 5.18. The Hall–Kier alpha value is -1.31. The summed E-state index contributed by atoms with van der Waals surface area (Å²) < 4.78 is 0. The van der Waals surface area contributed by atoms with E-state index in [-0.39, 0.29) is 11.8 Å². The predicted molar refractivity (Wildman–Crippen MR) is 55.9 cm³/mol. The zero-order valence-electron chi connectivity index (χ0n) is 8.20. The van der Waals surface area contributed by atoms with Crippen LogP contribution in [-0.4, -0.2) is 12.5 Å². The summed E-state index contributed by atoms with van der Waals surface area (Å²) >= 11 is 0. The van der Waals surface area contributed by atoms with Crippen LogP contribution < -0.4 is 5.32 Å². The van der Waals surface area contributed by atoms with Crippen molar-refractivity contribution in [3.63, 3.8) is 0 Å². The lowest BCUT2D eigenvalue weighted by Gasteiger charge is -2.05. The fourth-order valence-corrected chi connectivity index (χ4v) is 1.91. The highest BCUT2D eigenvalue weighted by atomic mass is 16.2. The molecule has 1 amide bonds. The van der Waals surface area contributed by atoms with E-state index in [1.54, 1.807) is 0 Å². The molecule has 0 radical (unpaired) electrons. The molecule has 1 aliphatic heterocycles. The van der Waals surface area contributed by atoms with Crippen LogP contribution in [0, 0.1) is 5.92 Å².